The lowest BCUT2D eigenvalue weighted by Gasteiger charge is -2.45. The van der Waals surface area contributed by atoms with E-state index in [0.717, 1.165) is 39.0 Å². The number of carbonyl (C=O) groups excluding carboxylic acids is 2. The molecule has 0 saturated carbocycles. The molecule has 18 heavy (non-hydrogen) atoms. The van der Waals surface area contributed by atoms with Crippen LogP contribution in [0, 0.1) is 11.8 Å². The Morgan fingerprint density at radius 1 is 1.28 bits per heavy atom. The van der Waals surface area contributed by atoms with Gasteiger partial charge in [0.2, 0.25) is 0 Å². The highest BCUT2D eigenvalue weighted by atomic mass is 16.6. The molecule has 0 aliphatic carbocycles. The van der Waals surface area contributed by atoms with Crippen LogP contribution in [-0.4, -0.2) is 60.5 Å². The average Bonchev–Trinajstić information content (AvgIpc) is 2.09. The van der Waals surface area contributed by atoms with Crippen LogP contribution in [0.4, 0.5) is 4.79 Å². The third-order valence-corrected chi connectivity index (χ3v) is 3.30. The summed E-state index contributed by atoms with van der Waals surface area (Å²) in [5.74, 6) is 0.761. The molecule has 2 rings (SSSR count). The zero-order valence-corrected chi connectivity index (χ0v) is 11.4. The van der Waals surface area contributed by atoms with Crippen LogP contribution in [-0.2, 0) is 9.53 Å². The Bertz CT molecular complexity index is 326. The van der Waals surface area contributed by atoms with Gasteiger partial charge in [0.05, 0.1) is 0 Å². The summed E-state index contributed by atoms with van der Waals surface area (Å²) < 4.78 is 5.30. The third-order valence-electron chi connectivity index (χ3n) is 3.30. The second-order valence-corrected chi connectivity index (χ2v) is 6.37. The number of amides is 1. The van der Waals surface area contributed by atoms with E-state index in [0.29, 0.717) is 5.92 Å². The number of hydrogen-bond donors (Lipinski definition) is 0. The highest BCUT2D eigenvalue weighted by molar-refractivity contribution is 5.69. The van der Waals surface area contributed by atoms with E-state index >= 15 is 0 Å². The first kappa shape index (κ1) is 13.3. The largest absolute Gasteiger partial charge is 0.444 e. The number of rotatable bonds is 3. The predicted octanol–water partition coefficient (Wildman–Crippen LogP) is 0.984. The molecule has 2 heterocycles. The van der Waals surface area contributed by atoms with Gasteiger partial charge in [-0.1, -0.05) is 0 Å². The molecule has 0 aromatic heterocycles. The molecule has 0 aromatic rings. The molecule has 0 spiro atoms. The summed E-state index contributed by atoms with van der Waals surface area (Å²) in [6, 6.07) is 0. The first-order valence-electron chi connectivity index (χ1n) is 6.53. The van der Waals surface area contributed by atoms with Crippen LogP contribution in [0.25, 0.3) is 0 Å². The molecule has 2 fully saturated rings. The topological polar surface area (TPSA) is 49.9 Å². The van der Waals surface area contributed by atoms with E-state index in [4.69, 9.17) is 4.74 Å². The van der Waals surface area contributed by atoms with E-state index in [1.165, 1.54) is 0 Å². The molecule has 0 N–H and O–H groups in total. The van der Waals surface area contributed by atoms with Gasteiger partial charge in [-0.25, -0.2) is 4.79 Å². The van der Waals surface area contributed by atoms with E-state index in [-0.39, 0.29) is 12.0 Å². The fourth-order valence-corrected chi connectivity index (χ4v) is 2.37. The van der Waals surface area contributed by atoms with Crippen molar-refractivity contribution in [3.8, 4) is 0 Å². The molecule has 5 nitrogen and oxygen atoms in total. The first-order chi connectivity index (χ1) is 8.37. The Hall–Kier alpha value is -1.10. The molecule has 0 aromatic carbocycles. The van der Waals surface area contributed by atoms with Crippen molar-refractivity contribution in [1.82, 2.24) is 9.80 Å². The molecular weight excluding hydrogens is 232 g/mol. The second-order valence-electron chi connectivity index (χ2n) is 6.37. The quantitative estimate of drug-likeness (QED) is 0.705. The van der Waals surface area contributed by atoms with E-state index in [1.54, 1.807) is 4.90 Å². The Balaban J connectivity index is 1.62. The average molecular weight is 254 g/mol. The molecule has 0 atom stereocenters. The van der Waals surface area contributed by atoms with Crippen molar-refractivity contribution >= 4 is 12.4 Å². The predicted molar refractivity (Wildman–Crippen MR) is 67.3 cm³/mol. The van der Waals surface area contributed by atoms with Gasteiger partial charge in [-0.3, -0.25) is 0 Å². The van der Waals surface area contributed by atoms with Gasteiger partial charge in [0, 0.05) is 44.6 Å². The number of hydrogen-bond acceptors (Lipinski definition) is 4. The number of carbonyl (C=O) groups is 2. The number of nitrogens with zero attached hydrogens (tertiary/aromatic N) is 2. The smallest absolute Gasteiger partial charge is 0.410 e. The van der Waals surface area contributed by atoms with Crippen LogP contribution in [0.5, 0.6) is 0 Å². The highest BCUT2D eigenvalue weighted by Gasteiger charge is 2.36. The summed E-state index contributed by atoms with van der Waals surface area (Å²) in [4.78, 5) is 26.2. The SMILES string of the molecule is CC(C)(C)OC(=O)N1CC(CN2CC(C=O)C2)C1. The lowest BCUT2D eigenvalue weighted by atomic mass is 9.95. The maximum Gasteiger partial charge on any atom is 0.410 e. The first-order valence-corrected chi connectivity index (χ1v) is 6.53. The molecular formula is C13H22N2O3. The van der Waals surface area contributed by atoms with Crippen molar-refractivity contribution in [2.75, 3.05) is 32.7 Å². The van der Waals surface area contributed by atoms with Crippen LogP contribution in [0.15, 0.2) is 0 Å². The summed E-state index contributed by atoms with van der Waals surface area (Å²) in [6.45, 7) is 9.93. The van der Waals surface area contributed by atoms with Gasteiger partial charge in [-0.05, 0) is 20.8 Å². The minimum absolute atomic E-state index is 0.215. The third kappa shape index (κ3) is 3.22. The van der Waals surface area contributed by atoms with Gasteiger partial charge in [0.1, 0.15) is 11.9 Å². The number of likely N-dealkylation sites (tertiary alicyclic amines) is 2. The maximum absolute atomic E-state index is 11.7. The summed E-state index contributed by atoms with van der Waals surface area (Å²) >= 11 is 0. The van der Waals surface area contributed by atoms with Crippen LogP contribution in [0.3, 0.4) is 0 Å². The Morgan fingerprint density at radius 2 is 1.89 bits per heavy atom. The van der Waals surface area contributed by atoms with Crippen LogP contribution in [0.1, 0.15) is 20.8 Å². The molecule has 102 valence electrons. The zero-order chi connectivity index (χ0) is 13.3. The lowest BCUT2D eigenvalue weighted by Crippen LogP contribution is -2.58. The Labute approximate surface area is 108 Å². The zero-order valence-electron chi connectivity index (χ0n) is 11.4. The van der Waals surface area contributed by atoms with E-state index in [9.17, 15) is 9.59 Å². The molecule has 0 bridgehead atoms. The van der Waals surface area contributed by atoms with Crippen LogP contribution >= 0.6 is 0 Å². The number of aldehydes is 1. The number of ether oxygens (including phenoxy) is 1. The molecule has 1 amide bonds. The van der Waals surface area contributed by atoms with Crippen molar-refractivity contribution in [2.45, 2.75) is 26.4 Å². The van der Waals surface area contributed by atoms with Crippen molar-refractivity contribution in [3.05, 3.63) is 0 Å². The Morgan fingerprint density at radius 3 is 2.39 bits per heavy atom. The van der Waals surface area contributed by atoms with Crippen molar-refractivity contribution < 1.29 is 14.3 Å². The molecule has 2 saturated heterocycles. The molecule has 5 heteroatoms. The van der Waals surface area contributed by atoms with E-state index in [2.05, 4.69) is 4.90 Å². The highest BCUT2D eigenvalue weighted by Crippen LogP contribution is 2.23. The molecule has 0 unspecified atom stereocenters. The second kappa shape index (κ2) is 4.88. The van der Waals surface area contributed by atoms with Crippen LogP contribution in [0.2, 0.25) is 0 Å². The maximum atomic E-state index is 11.7. The van der Waals surface area contributed by atoms with E-state index < -0.39 is 5.60 Å². The van der Waals surface area contributed by atoms with Gasteiger partial charge >= 0.3 is 6.09 Å². The molecule has 2 aliphatic heterocycles. The summed E-state index contributed by atoms with van der Waals surface area (Å²) in [7, 11) is 0. The Kier molecular flexibility index (Phi) is 3.61. The summed E-state index contributed by atoms with van der Waals surface area (Å²) in [5, 5.41) is 0. The van der Waals surface area contributed by atoms with Crippen LogP contribution < -0.4 is 0 Å². The van der Waals surface area contributed by atoms with Gasteiger partial charge in [0.15, 0.2) is 0 Å². The summed E-state index contributed by atoms with van der Waals surface area (Å²) in [5.41, 5.74) is -0.420. The minimum Gasteiger partial charge on any atom is -0.444 e. The van der Waals surface area contributed by atoms with Crippen molar-refractivity contribution in [2.24, 2.45) is 11.8 Å². The standard InChI is InChI=1S/C13H22N2O3/c1-13(2,3)18-12(17)15-7-10(8-15)4-14-5-11(6-14)9-16/h9-11H,4-8H2,1-3H3. The molecule has 2 aliphatic rings. The monoisotopic (exact) mass is 254 g/mol. The minimum atomic E-state index is -0.420. The normalized spacial score (nSPS) is 22.3. The van der Waals surface area contributed by atoms with E-state index in [1.807, 2.05) is 20.8 Å². The fourth-order valence-electron chi connectivity index (χ4n) is 2.37. The van der Waals surface area contributed by atoms with Gasteiger partial charge in [-0.2, -0.15) is 0 Å². The lowest BCUT2D eigenvalue weighted by molar-refractivity contribution is -0.116. The van der Waals surface area contributed by atoms with Gasteiger partial charge in [0.25, 0.3) is 0 Å². The van der Waals surface area contributed by atoms with Gasteiger partial charge in [-0.15, -0.1) is 0 Å². The summed E-state index contributed by atoms with van der Waals surface area (Å²) in [6.07, 6.45) is 0.817. The van der Waals surface area contributed by atoms with Crippen molar-refractivity contribution in [1.29, 1.82) is 0 Å². The van der Waals surface area contributed by atoms with Crippen molar-refractivity contribution in [3.63, 3.8) is 0 Å². The molecule has 0 radical (unpaired) electrons. The fraction of sp³-hybridized carbons (Fsp3) is 0.846. The van der Waals surface area contributed by atoms with Gasteiger partial charge < -0.3 is 19.3 Å².